The SMILES string of the molecule is CC(C)CC1(C(N2NC(=O)CC2(C)C)C(F)(F)F)C=Cc2ccccc2C1. The standard InChI is InChI=1S/C21H27F3N2O/c1-14(2)11-20(10-9-15-7-5-6-8-16(15)12-20)18(21(22,23)24)26-19(3,4)13-17(27)25-26/h5-10,14,18H,11-13H2,1-4H3,(H,25,27). The zero-order valence-corrected chi connectivity index (χ0v) is 16.2. The topological polar surface area (TPSA) is 32.3 Å². The molecule has 1 saturated heterocycles. The van der Waals surface area contributed by atoms with Crippen molar-refractivity contribution in [2.75, 3.05) is 0 Å². The summed E-state index contributed by atoms with van der Waals surface area (Å²) in [5.74, 6) is -0.291. The van der Waals surface area contributed by atoms with Gasteiger partial charge in [-0.05, 0) is 43.7 Å². The molecule has 2 aliphatic rings. The quantitative estimate of drug-likeness (QED) is 0.819. The molecule has 1 fully saturated rings. The highest BCUT2D eigenvalue weighted by molar-refractivity contribution is 5.79. The summed E-state index contributed by atoms with van der Waals surface area (Å²) in [7, 11) is 0. The Kier molecular flexibility index (Phi) is 4.91. The van der Waals surface area contributed by atoms with E-state index in [-0.39, 0.29) is 18.2 Å². The molecular formula is C21H27F3N2O. The van der Waals surface area contributed by atoms with Gasteiger partial charge in [-0.2, -0.15) is 13.2 Å². The van der Waals surface area contributed by atoms with Crippen molar-refractivity contribution < 1.29 is 18.0 Å². The Labute approximate surface area is 158 Å². The second kappa shape index (κ2) is 6.66. The molecule has 2 unspecified atom stereocenters. The van der Waals surface area contributed by atoms with Crippen LogP contribution in [0.25, 0.3) is 6.08 Å². The van der Waals surface area contributed by atoms with Crippen LogP contribution in [-0.4, -0.2) is 28.7 Å². The zero-order chi connectivity index (χ0) is 20.0. The predicted octanol–water partition coefficient (Wildman–Crippen LogP) is 4.73. The monoisotopic (exact) mass is 380 g/mol. The van der Waals surface area contributed by atoms with Crippen molar-refractivity contribution in [3.8, 4) is 0 Å². The zero-order valence-electron chi connectivity index (χ0n) is 16.2. The first kappa shape index (κ1) is 19.9. The number of rotatable bonds is 4. The van der Waals surface area contributed by atoms with Gasteiger partial charge in [0.15, 0.2) is 0 Å². The molecular weight excluding hydrogens is 353 g/mol. The van der Waals surface area contributed by atoms with E-state index >= 15 is 0 Å². The summed E-state index contributed by atoms with van der Waals surface area (Å²) in [6.07, 6.45) is -0.216. The highest BCUT2D eigenvalue weighted by Crippen LogP contribution is 2.50. The molecule has 1 aliphatic heterocycles. The number of carbonyl (C=O) groups is 1. The number of halogens is 3. The average molecular weight is 380 g/mol. The number of hydrogen-bond acceptors (Lipinski definition) is 2. The van der Waals surface area contributed by atoms with Crippen LogP contribution in [0.4, 0.5) is 13.2 Å². The Morgan fingerprint density at radius 2 is 1.85 bits per heavy atom. The average Bonchev–Trinajstić information content (AvgIpc) is 2.77. The van der Waals surface area contributed by atoms with Gasteiger partial charge in [0.2, 0.25) is 5.91 Å². The van der Waals surface area contributed by atoms with Gasteiger partial charge in [0.1, 0.15) is 6.04 Å². The van der Waals surface area contributed by atoms with Crippen LogP contribution in [0.2, 0.25) is 0 Å². The largest absolute Gasteiger partial charge is 0.406 e. The molecule has 1 heterocycles. The second-order valence-corrected chi connectivity index (χ2v) is 8.88. The molecule has 3 rings (SSSR count). The maximum atomic E-state index is 14.5. The molecule has 0 saturated carbocycles. The lowest BCUT2D eigenvalue weighted by Crippen LogP contribution is -2.64. The number of hydrogen-bond donors (Lipinski definition) is 1. The van der Waals surface area contributed by atoms with E-state index in [0.29, 0.717) is 12.8 Å². The van der Waals surface area contributed by atoms with Gasteiger partial charge in [0, 0.05) is 17.4 Å². The van der Waals surface area contributed by atoms with E-state index in [1.54, 1.807) is 19.9 Å². The lowest BCUT2D eigenvalue weighted by Gasteiger charge is -2.49. The molecule has 3 nitrogen and oxygen atoms in total. The molecule has 0 spiro atoms. The first-order valence-electron chi connectivity index (χ1n) is 9.37. The fourth-order valence-electron chi connectivity index (χ4n) is 4.67. The van der Waals surface area contributed by atoms with Crippen LogP contribution < -0.4 is 5.43 Å². The van der Waals surface area contributed by atoms with E-state index in [1.165, 1.54) is 0 Å². The van der Waals surface area contributed by atoms with Gasteiger partial charge in [-0.25, -0.2) is 5.01 Å². The Hall–Kier alpha value is -1.82. The van der Waals surface area contributed by atoms with Gasteiger partial charge in [-0.1, -0.05) is 50.3 Å². The minimum atomic E-state index is -4.49. The van der Waals surface area contributed by atoms with E-state index in [4.69, 9.17) is 0 Å². The van der Waals surface area contributed by atoms with Crippen molar-refractivity contribution in [3.05, 3.63) is 41.5 Å². The minimum Gasteiger partial charge on any atom is -0.288 e. The lowest BCUT2D eigenvalue weighted by atomic mass is 9.66. The lowest BCUT2D eigenvalue weighted by molar-refractivity contribution is -0.228. The highest BCUT2D eigenvalue weighted by Gasteiger charge is 2.60. The fourth-order valence-corrected chi connectivity index (χ4v) is 4.67. The molecule has 1 aromatic carbocycles. The third-order valence-electron chi connectivity index (χ3n) is 5.56. The summed E-state index contributed by atoms with van der Waals surface area (Å²) in [6.45, 7) is 7.26. The van der Waals surface area contributed by atoms with Gasteiger partial charge in [-0.3, -0.25) is 10.2 Å². The molecule has 6 heteroatoms. The second-order valence-electron chi connectivity index (χ2n) is 8.88. The molecule has 1 amide bonds. The van der Waals surface area contributed by atoms with Crippen LogP contribution in [0, 0.1) is 11.3 Å². The predicted molar refractivity (Wildman–Crippen MR) is 99.6 cm³/mol. The normalized spacial score (nSPS) is 26.1. The number of fused-ring (bicyclic) bond motifs is 1. The first-order chi connectivity index (χ1) is 12.4. The molecule has 1 N–H and O–H groups in total. The Morgan fingerprint density at radius 3 is 2.41 bits per heavy atom. The Balaban J connectivity index is 2.13. The number of carbonyl (C=O) groups excluding carboxylic acids is 1. The van der Waals surface area contributed by atoms with Crippen molar-refractivity contribution in [1.82, 2.24) is 10.4 Å². The van der Waals surface area contributed by atoms with Gasteiger partial charge in [0.05, 0.1) is 0 Å². The molecule has 2 atom stereocenters. The molecule has 0 aromatic heterocycles. The van der Waals surface area contributed by atoms with Crippen molar-refractivity contribution in [2.45, 2.75) is 64.7 Å². The number of hydrazine groups is 1. The van der Waals surface area contributed by atoms with E-state index in [9.17, 15) is 18.0 Å². The molecule has 1 aromatic rings. The maximum Gasteiger partial charge on any atom is 0.406 e. The number of alkyl halides is 3. The smallest absolute Gasteiger partial charge is 0.288 e. The summed E-state index contributed by atoms with van der Waals surface area (Å²) in [5, 5.41) is 1.16. The van der Waals surface area contributed by atoms with Crippen molar-refractivity contribution in [1.29, 1.82) is 0 Å². The number of nitrogens with one attached hydrogen (secondary N) is 1. The van der Waals surface area contributed by atoms with Gasteiger partial charge < -0.3 is 0 Å². The third-order valence-corrected chi connectivity index (χ3v) is 5.56. The van der Waals surface area contributed by atoms with Crippen LogP contribution in [0.3, 0.4) is 0 Å². The van der Waals surface area contributed by atoms with Crippen LogP contribution in [-0.2, 0) is 11.2 Å². The third kappa shape index (κ3) is 3.77. The summed E-state index contributed by atoms with van der Waals surface area (Å²) < 4.78 is 43.4. The first-order valence-corrected chi connectivity index (χ1v) is 9.37. The van der Waals surface area contributed by atoms with Gasteiger partial charge >= 0.3 is 6.18 Å². The molecule has 148 valence electrons. The maximum absolute atomic E-state index is 14.5. The molecule has 1 aliphatic carbocycles. The summed E-state index contributed by atoms with van der Waals surface area (Å²) in [6, 6.07) is 5.79. The Morgan fingerprint density at radius 1 is 1.19 bits per heavy atom. The minimum absolute atomic E-state index is 0.0532. The van der Waals surface area contributed by atoms with E-state index in [0.717, 1.165) is 16.1 Å². The van der Waals surface area contributed by atoms with Crippen LogP contribution >= 0.6 is 0 Å². The molecule has 0 radical (unpaired) electrons. The number of nitrogens with zero attached hydrogens (tertiary/aromatic N) is 1. The van der Waals surface area contributed by atoms with Crippen molar-refractivity contribution >= 4 is 12.0 Å². The highest BCUT2D eigenvalue weighted by atomic mass is 19.4. The number of amides is 1. The van der Waals surface area contributed by atoms with Crippen molar-refractivity contribution in [2.24, 2.45) is 11.3 Å². The van der Waals surface area contributed by atoms with Crippen LogP contribution in [0.5, 0.6) is 0 Å². The fraction of sp³-hybridized carbons (Fsp3) is 0.571. The van der Waals surface area contributed by atoms with Crippen molar-refractivity contribution in [3.63, 3.8) is 0 Å². The molecule has 0 bridgehead atoms. The summed E-state index contributed by atoms with van der Waals surface area (Å²) in [5.41, 5.74) is 2.33. The van der Waals surface area contributed by atoms with E-state index < -0.39 is 23.2 Å². The van der Waals surface area contributed by atoms with Gasteiger partial charge in [-0.15, -0.1) is 0 Å². The Bertz CT molecular complexity index is 754. The summed E-state index contributed by atoms with van der Waals surface area (Å²) in [4.78, 5) is 12.0. The van der Waals surface area contributed by atoms with Crippen LogP contribution in [0.15, 0.2) is 30.3 Å². The van der Waals surface area contributed by atoms with Crippen LogP contribution in [0.1, 0.15) is 51.7 Å². The number of benzene rings is 1. The van der Waals surface area contributed by atoms with E-state index in [1.807, 2.05) is 44.2 Å². The molecule has 27 heavy (non-hydrogen) atoms. The van der Waals surface area contributed by atoms with Gasteiger partial charge in [0.25, 0.3) is 0 Å². The summed E-state index contributed by atoms with van der Waals surface area (Å²) >= 11 is 0. The van der Waals surface area contributed by atoms with E-state index in [2.05, 4.69) is 5.43 Å².